The van der Waals surface area contributed by atoms with Crippen LogP contribution in [0.4, 0.5) is 0 Å². The summed E-state index contributed by atoms with van der Waals surface area (Å²) in [5.41, 5.74) is 2.65. The van der Waals surface area contributed by atoms with Gasteiger partial charge in [-0.2, -0.15) is 0 Å². The molecule has 1 saturated heterocycles. The molecule has 0 aromatic heterocycles. The lowest BCUT2D eigenvalue weighted by molar-refractivity contribution is -0.128. The largest absolute Gasteiger partial charge is 0.497 e. The average molecular weight is 337 g/mol. The lowest BCUT2D eigenvalue weighted by atomic mass is 9.92. The first-order valence-corrected chi connectivity index (χ1v) is 8.29. The minimum absolute atomic E-state index is 0.0222. The van der Waals surface area contributed by atoms with Gasteiger partial charge >= 0.3 is 0 Å². The molecule has 1 aliphatic carbocycles. The first-order valence-electron chi connectivity index (χ1n) is 8.29. The number of nitrogens with zero attached hydrogens (tertiary/aromatic N) is 1. The lowest BCUT2D eigenvalue weighted by Crippen LogP contribution is -2.59. The van der Waals surface area contributed by atoms with Gasteiger partial charge in [0, 0.05) is 7.05 Å². The Morgan fingerprint density at radius 2 is 2.28 bits per heavy atom. The second-order valence-corrected chi connectivity index (χ2v) is 6.57. The van der Waals surface area contributed by atoms with Crippen molar-refractivity contribution in [2.24, 2.45) is 0 Å². The molecule has 130 valence electrons. The quantitative estimate of drug-likeness (QED) is 0.830. The van der Waals surface area contributed by atoms with Gasteiger partial charge in [0.1, 0.15) is 5.75 Å². The number of carbonyl (C=O) groups is 1. The van der Waals surface area contributed by atoms with E-state index in [0.717, 1.165) is 35.3 Å². The number of guanidine groups is 1. The number of amides is 1. The van der Waals surface area contributed by atoms with Crippen molar-refractivity contribution in [3.63, 3.8) is 0 Å². The molecule has 1 fully saturated rings. The molecule has 1 aromatic carbocycles. The maximum Gasteiger partial charge on any atom is 0.231 e. The highest BCUT2D eigenvalue weighted by molar-refractivity contribution is 5.99. The summed E-state index contributed by atoms with van der Waals surface area (Å²) in [5.74, 6) is 0.947. The molecule has 2 aliphatic rings. The topological polar surface area (TPSA) is 65.4 Å². The van der Waals surface area contributed by atoms with E-state index in [2.05, 4.69) is 18.0 Å². The van der Waals surface area contributed by atoms with E-state index < -0.39 is 5.54 Å². The van der Waals surface area contributed by atoms with E-state index in [-0.39, 0.29) is 11.9 Å². The molecular formula is C20H23N3O2. The highest BCUT2D eigenvalue weighted by Gasteiger charge is 2.41. The van der Waals surface area contributed by atoms with Crippen LogP contribution >= 0.6 is 0 Å². The first-order chi connectivity index (χ1) is 11.9. The Labute approximate surface area is 148 Å². The van der Waals surface area contributed by atoms with Crippen LogP contribution in [0, 0.1) is 5.41 Å². The summed E-state index contributed by atoms with van der Waals surface area (Å²) in [7, 11) is 3.27. The molecule has 0 saturated carbocycles. The summed E-state index contributed by atoms with van der Waals surface area (Å²) in [5, 5.41) is 11.1. The smallest absolute Gasteiger partial charge is 0.231 e. The van der Waals surface area contributed by atoms with Crippen molar-refractivity contribution in [1.82, 2.24) is 10.2 Å². The van der Waals surface area contributed by atoms with Gasteiger partial charge in [-0.15, -0.1) is 0 Å². The number of rotatable bonds is 4. The summed E-state index contributed by atoms with van der Waals surface area (Å²) in [6.07, 6.45) is 8.20. The molecule has 5 nitrogen and oxygen atoms in total. The highest BCUT2D eigenvalue weighted by atomic mass is 16.5. The van der Waals surface area contributed by atoms with Gasteiger partial charge in [0.25, 0.3) is 0 Å². The number of nitrogens with one attached hydrogen (secondary N) is 2. The minimum atomic E-state index is -0.419. The third-order valence-corrected chi connectivity index (χ3v) is 4.80. The summed E-state index contributed by atoms with van der Waals surface area (Å²) in [6.45, 7) is 4.12. The van der Waals surface area contributed by atoms with Crippen molar-refractivity contribution in [1.29, 1.82) is 5.41 Å². The van der Waals surface area contributed by atoms with Crippen LogP contribution in [0.1, 0.15) is 24.8 Å². The van der Waals surface area contributed by atoms with Gasteiger partial charge in [-0.3, -0.25) is 15.1 Å². The molecular weight excluding hydrogens is 314 g/mol. The summed E-state index contributed by atoms with van der Waals surface area (Å²) in [4.78, 5) is 13.4. The second kappa shape index (κ2) is 6.59. The van der Waals surface area contributed by atoms with Crippen molar-refractivity contribution in [2.75, 3.05) is 14.2 Å². The molecule has 1 spiro atoms. The highest BCUT2D eigenvalue weighted by Crippen LogP contribution is 2.34. The van der Waals surface area contributed by atoms with Crippen LogP contribution in [-0.4, -0.2) is 36.5 Å². The van der Waals surface area contributed by atoms with Crippen LogP contribution in [0.2, 0.25) is 0 Å². The van der Waals surface area contributed by atoms with Gasteiger partial charge in [0.05, 0.1) is 19.1 Å². The molecule has 3 rings (SSSR count). The fourth-order valence-corrected chi connectivity index (χ4v) is 3.24. The third kappa shape index (κ3) is 3.50. The zero-order chi connectivity index (χ0) is 18.0. The van der Waals surface area contributed by atoms with E-state index in [1.165, 1.54) is 4.90 Å². The number of carbonyl (C=O) groups excluding carboxylic acids is 1. The van der Waals surface area contributed by atoms with E-state index in [4.69, 9.17) is 10.1 Å². The Kier molecular flexibility index (Phi) is 4.49. The third-order valence-electron chi connectivity index (χ3n) is 4.80. The molecule has 5 heteroatoms. The maximum atomic E-state index is 12.1. The molecule has 0 radical (unpaired) electrons. The van der Waals surface area contributed by atoms with Crippen LogP contribution in [0.15, 0.2) is 54.6 Å². The van der Waals surface area contributed by atoms with E-state index in [0.29, 0.717) is 6.42 Å². The van der Waals surface area contributed by atoms with E-state index in [9.17, 15) is 4.79 Å². The minimum Gasteiger partial charge on any atom is -0.497 e. The van der Waals surface area contributed by atoms with Gasteiger partial charge in [-0.05, 0) is 41.7 Å². The molecule has 1 aromatic rings. The molecule has 25 heavy (non-hydrogen) atoms. The number of hydrogen-bond donors (Lipinski definition) is 2. The van der Waals surface area contributed by atoms with Crippen LogP contribution < -0.4 is 10.1 Å². The Morgan fingerprint density at radius 3 is 3.00 bits per heavy atom. The summed E-state index contributed by atoms with van der Waals surface area (Å²) < 4.78 is 5.25. The van der Waals surface area contributed by atoms with Gasteiger partial charge in [-0.1, -0.05) is 36.9 Å². The summed E-state index contributed by atoms with van der Waals surface area (Å²) in [6, 6.07) is 7.80. The van der Waals surface area contributed by atoms with E-state index in [1.54, 1.807) is 14.2 Å². The molecule has 1 atom stereocenters. The van der Waals surface area contributed by atoms with E-state index in [1.807, 2.05) is 36.4 Å². The Bertz CT molecular complexity index is 774. The van der Waals surface area contributed by atoms with Crippen LogP contribution in [0.3, 0.4) is 0 Å². The zero-order valence-electron chi connectivity index (χ0n) is 14.6. The number of methoxy groups -OCH3 is 1. The normalized spacial score (nSPS) is 23.1. The first kappa shape index (κ1) is 17.0. The van der Waals surface area contributed by atoms with Crippen molar-refractivity contribution in [2.45, 2.75) is 24.8 Å². The second-order valence-electron chi connectivity index (χ2n) is 6.57. The fourth-order valence-electron chi connectivity index (χ4n) is 3.24. The van der Waals surface area contributed by atoms with Gasteiger partial charge in [-0.25, -0.2) is 0 Å². The Balaban J connectivity index is 1.73. The molecule has 1 aliphatic heterocycles. The molecule has 2 N–H and O–H groups in total. The van der Waals surface area contributed by atoms with E-state index >= 15 is 0 Å². The lowest BCUT2D eigenvalue weighted by Gasteiger charge is -2.38. The van der Waals surface area contributed by atoms with Crippen molar-refractivity contribution >= 4 is 17.4 Å². The van der Waals surface area contributed by atoms with Gasteiger partial charge in [0.2, 0.25) is 5.91 Å². The van der Waals surface area contributed by atoms with Gasteiger partial charge < -0.3 is 10.1 Å². The standard InChI is InChI=1S/C20H23N3O2/c1-14(16-5-4-6-17(11-16)25-3)7-8-15-9-10-20(12-15)13-18(24)23(2)19(21)22-20/h4-8,11-12H,1,9-10,13H2,2-3H3,(H2,21,22)/b8-7-/t20-/m1/s1. The van der Waals surface area contributed by atoms with Crippen LogP contribution in [0.25, 0.3) is 5.57 Å². The van der Waals surface area contributed by atoms with Crippen LogP contribution in [0.5, 0.6) is 5.75 Å². The number of ether oxygens (including phenoxy) is 1. The predicted molar refractivity (Wildman–Crippen MR) is 99.5 cm³/mol. The van der Waals surface area contributed by atoms with Gasteiger partial charge in [0.15, 0.2) is 5.96 Å². The molecule has 0 unspecified atom stereocenters. The maximum absolute atomic E-state index is 12.1. The Morgan fingerprint density at radius 1 is 1.48 bits per heavy atom. The molecule has 1 heterocycles. The van der Waals surface area contributed by atoms with Crippen LogP contribution in [-0.2, 0) is 4.79 Å². The molecule has 1 amide bonds. The monoisotopic (exact) mass is 337 g/mol. The van der Waals surface area contributed by atoms with Crippen molar-refractivity contribution in [3.8, 4) is 5.75 Å². The zero-order valence-corrected chi connectivity index (χ0v) is 14.6. The van der Waals surface area contributed by atoms with Crippen molar-refractivity contribution in [3.05, 3.63) is 60.2 Å². The predicted octanol–water partition coefficient (Wildman–Crippen LogP) is 3.11. The number of hydrogen-bond acceptors (Lipinski definition) is 3. The fraction of sp³-hybridized carbons (Fsp3) is 0.300. The summed E-state index contributed by atoms with van der Waals surface area (Å²) >= 11 is 0. The SMILES string of the molecule is C=C(/C=C\C1=C[C@]2(CC1)CC(=O)N(C)C(=N)N2)c1cccc(OC)c1. The average Bonchev–Trinajstić information content (AvgIpc) is 3.00. The molecule has 0 bridgehead atoms. The Hall–Kier alpha value is -2.82. The number of allylic oxidation sites excluding steroid dienone is 4. The van der Waals surface area contributed by atoms with Crippen molar-refractivity contribution < 1.29 is 9.53 Å². The number of benzene rings is 1.